The van der Waals surface area contributed by atoms with Crippen LogP contribution < -0.4 is 10.1 Å². The Morgan fingerprint density at radius 1 is 1.25 bits per heavy atom. The zero-order valence-electron chi connectivity index (χ0n) is 12.5. The first-order chi connectivity index (χ1) is 11.4. The third kappa shape index (κ3) is 3.03. The Kier molecular flexibility index (Phi) is 3.88. The van der Waals surface area contributed by atoms with Crippen LogP contribution >= 0.6 is 0 Å². The summed E-state index contributed by atoms with van der Waals surface area (Å²) in [5.41, 5.74) is 0.0664. The van der Waals surface area contributed by atoms with Gasteiger partial charge in [-0.3, -0.25) is 4.79 Å². The fourth-order valence-corrected chi connectivity index (χ4v) is 2.24. The lowest BCUT2D eigenvalue weighted by molar-refractivity contribution is -0.137. The number of alkyl halides is 3. The maximum Gasteiger partial charge on any atom is 0.416 e. The molecule has 0 unspecified atom stereocenters. The molecule has 0 spiro atoms. The van der Waals surface area contributed by atoms with E-state index in [1.54, 1.807) is 35.3 Å². The van der Waals surface area contributed by atoms with Gasteiger partial charge >= 0.3 is 6.18 Å². The number of carbonyl (C=O) groups is 1. The Labute approximate surface area is 134 Å². The van der Waals surface area contributed by atoms with Gasteiger partial charge in [-0.25, -0.2) is 4.98 Å². The van der Waals surface area contributed by atoms with Crippen molar-refractivity contribution in [2.45, 2.75) is 6.18 Å². The number of nitrogens with one attached hydrogen (secondary N) is 1. The van der Waals surface area contributed by atoms with Crippen LogP contribution in [0.4, 0.5) is 18.9 Å². The average molecular weight is 335 g/mol. The third-order valence-corrected chi connectivity index (χ3v) is 3.45. The van der Waals surface area contributed by atoms with Gasteiger partial charge in [-0.05, 0) is 30.3 Å². The Hall–Kier alpha value is -3.03. The van der Waals surface area contributed by atoms with Gasteiger partial charge in [0.25, 0.3) is 5.91 Å². The topological polar surface area (TPSA) is 55.6 Å². The fourth-order valence-electron chi connectivity index (χ4n) is 2.24. The minimum Gasteiger partial charge on any atom is -0.495 e. The number of rotatable bonds is 3. The smallest absolute Gasteiger partial charge is 0.416 e. The van der Waals surface area contributed by atoms with Crippen LogP contribution in [0.1, 0.15) is 15.9 Å². The summed E-state index contributed by atoms with van der Waals surface area (Å²) in [5.74, 6) is -0.405. The van der Waals surface area contributed by atoms with Gasteiger partial charge in [0.1, 0.15) is 5.75 Å². The minimum absolute atomic E-state index is 0.0503. The molecule has 0 saturated carbocycles. The predicted octanol–water partition coefficient (Wildman–Crippen LogP) is 3.61. The molecule has 124 valence electrons. The molecule has 0 aliphatic heterocycles. The number of carbonyl (C=O) groups excluding carboxylic acids is 1. The highest BCUT2D eigenvalue weighted by Gasteiger charge is 2.31. The van der Waals surface area contributed by atoms with Crippen molar-refractivity contribution in [2.75, 3.05) is 12.4 Å². The van der Waals surface area contributed by atoms with E-state index in [0.717, 1.165) is 12.1 Å². The van der Waals surface area contributed by atoms with Crippen molar-refractivity contribution in [3.8, 4) is 5.75 Å². The van der Waals surface area contributed by atoms with Gasteiger partial charge in [0, 0.05) is 11.8 Å². The quantitative estimate of drug-likeness (QED) is 0.795. The number of aromatic nitrogens is 2. The van der Waals surface area contributed by atoms with E-state index in [9.17, 15) is 18.0 Å². The SMILES string of the molecule is COc1ccc(C(F)(F)F)cc1NC(=O)c1ccn2cncc2c1. The van der Waals surface area contributed by atoms with Crippen molar-refractivity contribution in [3.63, 3.8) is 0 Å². The van der Waals surface area contributed by atoms with E-state index in [4.69, 9.17) is 4.74 Å². The van der Waals surface area contributed by atoms with Crippen molar-refractivity contribution in [1.82, 2.24) is 9.38 Å². The molecular formula is C16H12F3N3O2. The summed E-state index contributed by atoms with van der Waals surface area (Å²) >= 11 is 0. The van der Waals surface area contributed by atoms with E-state index in [-0.39, 0.29) is 11.4 Å². The maximum absolute atomic E-state index is 12.8. The standard InChI is InChI=1S/C16H12F3N3O2/c1-24-14-3-2-11(16(17,18)19)7-13(14)21-15(23)10-4-5-22-9-20-8-12(22)6-10/h2-9H,1H3,(H,21,23). The summed E-state index contributed by atoms with van der Waals surface area (Å²) in [5, 5.41) is 2.45. The number of methoxy groups -OCH3 is 1. The van der Waals surface area contributed by atoms with Crippen LogP contribution in [0.5, 0.6) is 5.75 Å². The van der Waals surface area contributed by atoms with Gasteiger partial charge in [0.15, 0.2) is 0 Å². The highest BCUT2D eigenvalue weighted by molar-refractivity contribution is 6.05. The lowest BCUT2D eigenvalue weighted by atomic mass is 10.1. The van der Waals surface area contributed by atoms with E-state index in [1.807, 2.05) is 0 Å². The Morgan fingerprint density at radius 2 is 2.04 bits per heavy atom. The molecule has 0 saturated heterocycles. The average Bonchev–Trinajstić information content (AvgIpc) is 3.01. The third-order valence-electron chi connectivity index (χ3n) is 3.45. The molecule has 1 amide bonds. The summed E-state index contributed by atoms with van der Waals surface area (Å²) in [4.78, 5) is 16.3. The summed E-state index contributed by atoms with van der Waals surface area (Å²) < 4.78 is 45.2. The number of hydrogen-bond donors (Lipinski definition) is 1. The van der Waals surface area contributed by atoms with Gasteiger partial charge in [-0.15, -0.1) is 0 Å². The van der Waals surface area contributed by atoms with Gasteiger partial charge in [-0.1, -0.05) is 0 Å². The zero-order valence-corrected chi connectivity index (χ0v) is 12.5. The number of pyridine rings is 1. The number of anilines is 1. The van der Waals surface area contributed by atoms with Gasteiger partial charge in [-0.2, -0.15) is 13.2 Å². The van der Waals surface area contributed by atoms with E-state index < -0.39 is 17.6 Å². The number of nitrogens with zero attached hydrogens (tertiary/aromatic N) is 2. The Bertz CT molecular complexity index is 903. The second-order valence-electron chi connectivity index (χ2n) is 5.01. The van der Waals surface area contributed by atoms with E-state index >= 15 is 0 Å². The second-order valence-corrected chi connectivity index (χ2v) is 5.01. The second kappa shape index (κ2) is 5.88. The molecule has 0 atom stereocenters. The molecule has 3 aromatic rings. The zero-order chi connectivity index (χ0) is 17.3. The summed E-state index contributed by atoms with van der Waals surface area (Å²) in [7, 11) is 1.32. The molecule has 1 aromatic carbocycles. The van der Waals surface area contributed by atoms with Crippen LogP contribution in [0.25, 0.3) is 5.52 Å². The van der Waals surface area contributed by atoms with E-state index in [0.29, 0.717) is 11.1 Å². The summed E-state index contributed by atoms with van der Waals surface area (Å²) in [6.45, 7) is 0. The van der Waals surface area contributed by atoms with Crippen molar-refractivity contribution in [3.05, 3.63) is 60.2 Å². The number of fused-ring (bicyclic) bond motifs is 1. The monoisotopic (exact) mass is 335 g/mol. The Morgan fingerprint density at radius 3 is 2.75 bits per heavy atom. The maximum atomic E-state index is 12.8. The van der Waals surface area contributed by atoms with Crippen LogP contribution in [-0.4, -0.2) is 22.4 Å². The predicted molar refractivity (Wildman–Crippen MR) is 81.1 cm³/mol. The van der Waals surface area contributed by atoms with Crippen LogP contribution in [0.15, 0.2) is 49.1 Å². The highest BCUT2D eigenvalue weighted by atomic mass is 19.4. The number of benzene rings is 1. The molecule has 0 aliphatic carbocycles. The highest BCUT2D eigenvalue weighted by Crippen LogP contribution is 2.35. The normalized spacial score (nSPS) is 11.5. The van der Waals surface area contributed by atoms with Crippen molar-refractivity contribution < 1.29 is 22.7 Å². The first kappa shape index (κ1) is 15.9. The molecule has 5 nitrogen and oxygen atoms in total. The minimum atomic E-state index is -4.51. The van der Waals surface area contributed by atoms with Crippen LogP contribution in [0.2, 0.25) is 0 Å². The Balaban J connectivity index is 1.92. The number of amides is 1. The lowest BCUT2D eigenvalue weighted by Gasteiger charge is -2.13. The molecule has 0 radical (unpaired) electrons. The van der Waals surface area contributed by atoms with Crippen LogP contribution in [0.3, 0.4) is 0 Å². The van der Waals surface area contributed by atoms with E-state index in [1.165, 1.54) is 13.2 Å². The molecule has 3 rings (SSSR count). The molecule has 2 aromatic heterocycles. The number of ether oxygens (including phenoxy) is 1. The molecule has 2 heterocycles. The molecule has 1 N–H and O–H groups in total. The molecule has 0 bridgehead atoms. The molecule has 8 heteroatoms. The van der Waals surface area contributed by atoms with Crippen molar-refractivity contribution in [1.29, 1.82) is 0 Å². The first-order valence-corrected chi connectivity index (χ1v) is 6.87. The molecule has 0 fully saturated rings. The van der Waals surface area contributed by atoms with E-state index in [2.05, 4.69) is 10.3 Å². The fraction of sp³-hybridized carbons (Fsp3) is 0.125. The number of hydrogen-bond acceptors (Lipinski definition) is 3. The van der Waals surface area contributed by atoms with Gasteiger partial charge < -0.3 is 14.5 Å². The number of imidazole rings is 1. The largest absolute Gasteiger partial charge is 0.495 e. The van der Waals surface area contributed by atoms with Crippen LogP contribution in [0, 0.1) is 0 Å². The van der Waals surface area contributed by atoms with Crippen LogP contribution in [-0.2, 0) is 6.18 Å². The van der Waals surface area contributed by atoms with Gasteiger partial charge in [0.05, 0.1) is 36.4 Å². The summed E-state index contributed by atoms with van der Waals surface area (Å²) in [6.07, 6.45) is 0.275. The number of halogens is 3. The first-order valence-electron chi connectivity index (χ1n) is 6.87. The van der Waals surface area contributed by atoms with Gasteiger partial charge in [0.2, 0.25) is 0 Å². The molecule has 0 aliphatic rings. The van der Waals surface area contributed by atoms with Crippen molar-refractivity contribution >= 4 is 17.1 Å². The van der Waals surface area contributed by atoms with Crippen molar-refractivity contribution in [2.24, 2.45) is 0 Å². The molecule has 24 heavy (non-hydrogen) atoms. The summed E-state index contributed by atoms with van der Waals surface area (Å²) in [6, 6.07) is 6.03. The molecular weight excluding hydrogens is 323 g/mol. The lowest BCUT2D eigenvalue weighted by Crippen LogP contribution is -2.14.